The van der Waals surface area contributed by atoms with Gasteiger partial charge >= 0.3 is 0 Å². The van der Waals surface area contributed by atoms with E-state index in [1.54, 1.807) is 11.3 Å². The van der Waals surface area contributed by atoms with Crippen LogP contribution in [-0.4, -0.2) is 11.7 Å². The summed E-state index contributed by atoms with van der Waals surface area (Å²) in [5.74, 6) is 0.999. The van der Waals surface area contributed by atoms with E-state index in [0.29, 0.717) is 17.7 Å². The zero-order valence-corrected chi connectivity index (χ0v) is 9.53. The Labute approximate surface area is 89.0 Å². The Kier molecular flexibility index (Phi) is 2.79. The summed E-state index contributed by atoms with van der Waals surface area (Å²) in [7, 11) is 0. The van der Waals surface area contributed by atoms with Gasteiger partial charge in [-0.05, 0) is 31.4 Å². The van der Waals surface area contributed by atoms with Crippen LogP contribution in [-0.2, 0) is 0 Å². The molecule has 2 nitrogen and oxygen atoms in total. The molecule has 1 aromatic heterocycles. The van der Waals surface area contributed by atoms with E-state index < -0.39 is 0 Å². The Morgan fingerprint density at radius 3 is 2.86 bits per heavy atom. The molecular formula is C11H17NOS. The normalized spacial score (nSPS) is 22.1. The lowest BCUT2D eigenvalue weighted by Gasteiger charge is -2.07. The molecule has 0 bridgehead atoms. The molecule has 0 amide bonds. The summed E-state index contributed by atoms with van der Waals surface area (Å²) in [6.45, 7) is 5.41. The van der Waals surface area contributed by atoms with Crippen LogP contribution in [0.1, 0.15) is 48.4 Å². The molecule has 14 heavy (non-hydrogen) atoms. The zero-order chi connectivity index (χ0) is 10.1. The quantitative estimate of drug-likeness (QED) is 0.788. The molecule has 1 aliphatic heterocycles. The van der Waals surface area contributed by atoms with Crippen LogP contribution in [0.3, 0.4) is 0 Å². The summed E-state index contributed by atoms with van der Waals surface area (Å²) in [6.07, 6.45) is 2.38. The molecule has 3 heteroatoms. The lowest BCUT2D eigenvalue weighted by atomic mass is 10.1. The van der Waals surface area contributed by atoms with Crippen molar-refractivity contribution in [3.63, 3.8) is 0 Å². The average molecular weight is 211 g/mol. The molecule has 1 aromatic rings. The van der Waals surface area contributed by atoms with Crippen molar-refractivity contribution in [3.05, 3.63) is 15.8 Å². The van der Waals surface area contributed by atoms with Gasteiger partial charge in [-0.3, -0.25) is 0 Å². The second-order valence-corrected chi connectivity index (χ2v) is 5.32. The van der Waals surface area contributed by atoms with E-state index in [4.69, 9.17) is 0 Å². The number of thiophene rings is 1. The van der Waals surface area contributed by atoms with Crippen LogP contribution in [0.5, 0.6) is 5.75 Å². The van der Waals surface area contributed by atoms with Crippen LogP contribution in [0.2, 0.25) is 0 Å². The highest BCUT2D eigenvalue weighted by molar-refractivity contribution is 7.12. The van der Waals surface area contributed by atoms with Crippen molar-refractivity contribution in [1.29, 1.82) is 0 Å². The van der Waals surface area contributed by atoms with Gasteiger partial charge in [0, 0.05) is 10.9 Å². The molecule has 1 saturated heterocycles. The number of nitrogens with one attached hydrogen (secondary N) is 1. The van der Waals surface area contributed by atoms with Gasteiger partial charge in [0.25, 0.3) is 0 Å². The van der Waals surface area contributed by atoms with Crippen LogP contribution in [0.25, 0.3) is 0 Å². The highest BCUT2D eigenvalue weighted by Gasteiger charge is 2.22. The molecule has 78 valence electrons. The molecule has 1 atom stereocenters. The monoisotopic (exact) mass is 211 g/mol. The smallest absolute Gasteiger partial charge is 0.131 e. The molecule has 2 N–H and O–H groups in total. The Bertz CT molecular complexity index is 313. The summed E-state index contributed by atoms with van der Waals surface area (Å²) in [5, 5.41) is 13.2. The number of hydrogen-bond donors (Lipinski definition) is 2. The van der Waals surface area contributed by atoms with E-state index >= 15 is 0 Å². The maximum absolute atomic E-state index is 9.81. The van der Waals surface area contributed by atoms with E-state index in [9.17, 15) is 5.11 Å². The lowest BCUT2D eigenvalue weighted by molar-refractivity contribution is 0.462. The molecule has 0 radical (unpaired) electrons. The van der Waals surface area contributed by atoms with Gasteiger partial charge in [-0.25, -0.2) is 0 Å². The third kappa shape index (κ3) is 1.79. The van der Waals surface area contributed by atoms with Crippen LogP contribution >= 0.6 is 11.3 Å². The molecule has 1 unspecified atom stereocenters. The number of rotatable bonds is 2. The fourth-order valence-electron chi connectivity index (χ4n) is 1.86. The van der Waals surface area contributed by atoms with Crippen molar-refractivity contribution in [1.82, 2.24) is 5.32 Å². The van der Waals surface area contributed by atoms with Crippen molar-refractivity contribution < 1.29 is 5.11 Å². The van der Waals surface area contributed by atoms with Gasteiger partial charge in [-0.15, -0.1) is 11.3 Å². The SMILES string of the molecule is CC(C)c1cc(O)c(C2CCCN2)s1. The number of aromatic hydroxyl groups is 1. The van der Waals surface area contributed by atoms with Crippen LogP contribution in [0, 0.1) is 0 Å². The van der Waals surface area contributed by atoms with Gasteiger partial charge < -0.3 is 10.4 Å². The van der Waals surface area contributed by atoms with Crippen LogP contribution < -0.4 is 5.32 Å². The molecule has 0 aromatic carbocycles. The van der Waals surface area contributed by atoms with Crippen molar-refractivity contribution in [2.24, 2.45) is 0 Å². The first-order valence-electron chi connectivity index (χ1n) is 5.24. The first kappa shape index (κ1) is 9.99. The van der Waals surface area contributed by atoms with Crippen molar-refractivity contribution >= 4 is 11.3 Å². The van der Waals surface area contributed by atoms with Gasteiger partial charge in [-0.2, -0.15) is 0 Å². The summed E-state index contributed by atoms with van der Waals surface area (Å²) < 4.78 is 0. The maximum Gasteiger partial charge on any atom is 0.131 e. The van der Waals surface area contributed by atoms with E-state index in [0.717, 1.165) is 17.8 Å². The molecule has 0 spiro atoms. The zero-order valence-electron chi connectivity index (χ0n) is 8.71. The second-order valence-electron chi connectivity index (χ2n) is 4.20. The second kappa shape index (κ2) is 3.91. The summed E-state index contributed by atoms with van der Waals surface area (Å²) in [6, 6.07) is 2.32. The van der Waals surface area contributed by atoms with Gasteiger partial charge in [-0.1, -0.05) is 13.8 Å². The fraction of sp³-hybridized carbons (Fsp3) is 0.636. The molecule has 0 saturated carbocycles. The predicted molar refractivity (Wildman–Crippen MR) is 60.1 cm³/mol. The Hall–Kier alpha value is -0.540. The number of hydrogen-bond acceptors (Lipinski definition) is 3. The van der Waals surface area contributed by atoms with Gasteiger partial charge in [0.1, 0.15) is 5.75 Å². The lowest BCUT2D eigenvalue weighted by Crippen LogP contribution is -2.11. The van der Waals surface area contributed by atoms with Crippen molar-refractivity contribution in [2.45, 2.75) is 38.6 Å². The summed E-state index contributed by atoms with van der Waals surface area (Å²) in [5.41, 5.74) is 0. The Morgan fingerprint density at radius 1 is 1.57 bits per heavy atom. The third-order valence-electron chi connectivity index (χ3n) is 2.71. The standard InChI is InChI=1S/C11H17NOS/c1-7(2)10-6-9(13)11(14-10)8-4-3-5-12-8/h6-8,12-13H,3-5H2,1-2H3. The molecule has 0 aliphatic carbocycles. The van der Waals surface area contributed by atoms with Gasteiger partial charge in [0.15, 0.2) is 0 Å². The van der Waals surface area contributed by atoms with Crippen molar-refractivity contribution in [2.75, 3.05) is 6.54 Å². The third-order valence-corrected chi connectivity index (χ3v) is 4.24. The van der Waals surface area contributed by atoms with E-state index in [-0.39, 0.29) is 0 Å². The largest absolute Gasteiger partial charge is 0.507 e. The Morgan fingerprint density at radius 2 is 2.36 bits per heavy atom. The highest BCUT2D eigenvalue weighted by atomic mass is 32.1. The molecule has 1 fully saturated rings. The van der Waals surface area contributed by atoms with E-state index in [1.807, 2.05) is 6.07 Å². The molecule has 1 aliphatic rings. The van der Waals surface area contributed by atoms with Crippen LogP contribution in [0.15, 0.2) is 6.07 Å². The Balaban J connectivity index is 2.24. The fourth-order valence-corrected chi connectivity index (χ4v) is 3.02. The minimum Gasteiger partial charge on any atom is -0.507 e. The topological polar surface area (TPSA) is 32.3 Å². The molecule has 2 heterocycles. The molecule has 2 rings (SSSR count). The highest BCUT2D eigenvalue weighted by Crippen LogP contribution is 2.39. The first-order chi connectivity index (χ1) is 6.68. The van der Waals surface area contributed by atoms with Crippen molar-refractivity contribution in [3.8, 4) is 5.75 Å². The first-order valence-corrected chi connectivity index (χ1v) is 6.06. The summed E-state index contributed by atoms with van der Waals surface area (Å²) in [4.78, 5) is 2.41. The minimum absolute atomic E-state index is 0.396. The van der Waals surface area contributed by atoms with Crippen LogP contribution in [0.4, 0.5) is 0 Å². The molecular weight excluding hydrogens is 194 g/mol. The van der Waals surface area contributed by atoms with E-state index in [2.05, 4.69) is 19.2 Å². The minimum atomic E-state index is 0.396. The van der Waals surface area contributed by atoms with E-state index in [1.165, 1.54) is 11.3 Å². The summed E-state index contributed by atoms with van der Waals surface area (Å²) >= 11 is 1.75. The van der Waals surface area contributed by atoms with Gasteiger partial charge in [0.05, 0.1) is 4.88 Å². The maximum atomic E-state index is 9.81. The van der Waals surface area contributed by atoms with Gasteiger partial charge in [0.2, 0.25) is 0 Å². The predicted octanol–water partition coefficient (Wildman–Crippen LogP) is 3.00. The average Bonchev–Trinajstić information content (AvgIpc) is 2.71.